The molecule has 4 heteroatoms. The molecule has 0 fully saturated rings. The highest BCUT2D eigenvalue weighted by molar-refractivity contribution is 5.88. The molecule has 0 aliphatic rings. The van der Waals surface area contributed by atoms with E-state index in [1.54, 1.807) is 12.1 Å². The van der Waals surface area contributed by atoms with Gasteiger partial charge in [-0.05, 0) is 31.4 Å². The maximum atomic E-state index is 11.1. The van der Waals surface area contributed by atoms with Crippen LogP contribution in [0.5, 0.6) is 0 Å². The largest absolute Gasteiger partial charge is 0.478 e. The Kier molecular flexibility index (Phi) is 4.70. The zero-order valence-electron chi connectivity index (χ0n) is 11.8. The van der Waals surface area contributed by atoms with Gasteiger partial charge >= 0.3 is 5.97 Å². The number of aromatic nitrogens is 1. The first-order valence-electron chi connectivity index (χ1n) is 6.33. The van der Waals surface area contributed by atoms with E-state index < -0.39 is 5.97 Å². The van der Waals surface area contributed by atoms with E-state index >= 15 is 0 Å². The summed E-state index contributed by atoms with van der Waals surface area (Å²) in [4.78, 5) is 17.6. The molecule has 1 aromatic heterocycles. The predicted octanol–water partition coefficient (Wildman–Crippen LogP) is 2.82. The number of nitrogens with zero attached hydrogens (tertiary/aromatic N) is 2. The van der Waals surface area contributed by atoms with E-state index in [0.29, 0.717) is 17.5 Å². The maximum absolute atomic E-state index is 11.1. The van der Waals surface area contributed by atoms with Gasteiger partial charge in [0.15, 0.2) is 0 Å². The van der Waals surface area contributed by atoms with E-state index in [1.165, 1.54) is 0 Å². The molecule has 1 rings (SSSR count). The Morgan fingerprint density at radius 3 is 2.44 bits per heavy atom. The number of carboxylic acid groups (broad SMARTS) is 1. The van der Waals surface area contributed by atoms with Crippen molar-refractivity contribution in [3.63, 3.8) is 0 Å². The van der Waals surface area contributed by atoms with Crippen molar-refractivity contribution in [1.82, 2.24) is 4.98 Å². The van der Waals surface area contributed by atoms with Crippen molar-refractivity contribution >= 4 is 11.8 Å². The van der Waals surface area contributed by atoms with Crippen molar-refractivity contribution in [1.29, 1.82) is 0 Å². The Morgan fingerprint density at radius 1 is 1.39 bits per heavy atom. The Bertz CT molecular complexity index is 430. The van der Waals surface area contributed by atoms with E-state index in [1.807, 2.05) is 18.9 Å². The van der Waals surface area contributed by atoms with Crippen molar-refractivity contribution in [2.24, 2.45) is 5.92 Å². The number of aryl methyl sites for hydroxylation is 1. The molecule has 1 unspecified atom stereocenters. The molecule has 0 aliphatic carbocycles. The van der Waals surface area contributed by atoms with Crippen LogP contribution in [0.2, 0.25) is 0 Å². The number of anilines is 1. The summed E-state index contributed by atoms with van der Waals surface area (Å²) in [5.74, 6) is 0.308. The first-order chi connectivity index (χ1) is 8.36. The van der Waals surface area contributed by atoms with Gasteiger partial charge in [-0.15, -0.1) is 0 Å². The Labute approximate surface area is 109 Å². The van der Waals surface area contributed by atoms with Gasteiger partial charge in [-0.1, -0.05) is 20.8 Å². The molecule has 0 radical (unpaired) electrons. The van der Waals surface area contributed by atoms with Crippen LogP contribution in [0.3, 0.4) is 0 Å². The quantitative estimate of drug-likeness (QED) is 0.873. The van der Waals surface area contributed by atoms with Crippen LogP contribution in [-0.4, -0.2) is 29.1 Å². The zero-order chi connectivity index (χ0) is 13.9. The standard InChI is InChI=1S/C14H22N2O2/c1-6-12-7-11(14(17)18)8-13(15-12)16(5)10(4)9(2)3/h7-10H,6H2,1-5H3,(H,17,18). The van der Waals surface area contributed by atoms with Crippen molar-refractivity contribution in [2.75, 3.05) is 11.9 Å². The lowest BCUT2D eigenvalue weighted by atomic mass is 10.0. The molecule has 4 nitrogen and oxygen atoms in total. The van der Waals surface area contributed by atoms with E-state index in [2.05, 4.69) is 25.8 Å². The van der Waals surface area contributed by atoms with Crippen LogP contribution in [0, 0.1) is 5.92 Å². The number of rotatable bonds is 5. The van der Waals surface area contributed by atoms with Gasteiger partial charge < -0.3 is 10.0 Å². The van der Waals surface area contributed by atoms with Crippen LogP contribution in [0.25, 0.3) is 0 Å². The van der Waals surface area contributed by atoms with Gasteiger partial charge in [0.1, 0.15) is 5.82 Å². The van der Waals surface area contributed by atoms with Crippen molar-refractivity contribution in [3.05, 3.63) is 23.4 Å². The topological polar surface area (TPSA) is 53.4 Å². The summed E-state index contributed by atoms with van der Waals surface area (Å²) in [6.45, 7) is 8.38. The van der Waals surface area contributed by atoms with Crippen LogP contribution in [0.4, 0.5) is 5.82 Å². The molecule has 0 amide bonds. The molecule has 0 aromatic carbocycles. The Hall–Kier alpha value is -1.58. The number of aromatic carboxylic acids is 1. The average Bonchev–Trinajstić information content (AvgIpc) is 2.35. The Balaban J connectivity index is 3.15. The second kappa shape index (κ2) is 5.85. The molecule has 0 spiro atoms. The van der Waals surface area contributed by atoms with Gasteiger partial charge in [0.05, 0.1) is 5.56 Å². The molecule has 1 heterocycles. The highest BCUT2D eigenvalue weighted by atomic mass is 16.4. The lowest BCUT2D eigenvalue weighted by Crippen LogP contribution is -2.34. The second-order valence-corrected chi connectivity index (χ2v) is 4.96. The fraction of sp³-hybridized carbons (Fsp3) is 0.571. The fourth-order valence-electron chi connectivity index (χ4n) is 1.71. The molecule has 0 bridgehead atoms. The summed E-state index contributed by atoms with van der Waals surface area (Å²) in [5.41, 5.74) is 1.12. The number of hydrogen-bond donors (Lipinski definition) is 1. The molecular formula is C14H22N2O2. The van der Waals surface area contributed by atoms with E-state index in [-0.39, 0.29) is 0 Å². The molecule has 1 N–H and O–H groups in total. The van der Waals surface area contributed by atoms with Crippen molar-refractivity contribution < 1.29 is 9.90 Å². The van der Waals surface area contributed by atoms with E-state index in [4.69, 9.17) is 5.11 Å². The molecule has 0 aliphatic heterocycles. The molecule has 18 heavy (non-hydrogen) atoms. The van der Waals surface area contributed by atoms with Crippen LogP contribution in [-0.2, 0) is 6.42 Å². The molecule has 1 atom stereocenters. The van der Waals surface area contributed by atoms with Crippen molar-refractivity contribution in [3.8, 4) is 0 Å². The minimum absolute atomic E-state index is 0.305. The first-order valence-corrected chi connectivity index (χ1v) is 6.33. The molecule has 1 aromatic rings. The smallest absolute Gasteiger partial charge is 0.335 e. The van der Waals surface area contributed by atoms with Gasteiger partial charge in [-0.25, -0.2) is 9.78 Å². The van der Waals surface area contributed by atoms with Crippen LogP contribution >= 0.6 is 0 Å². The Morgan fingerprint density at radius 2 is 2.00 bits per heavy atom. The average molecular weight is 250 g/mol. The van der Waals surface area contributed by atoms with Gasteiger partial charge in [0, 0.05) is 18.8 Å². The summed E-state index contributed by atoms with van der Waals surface area (Å²) in [7, 11) is 1.96. The third kappa shape index (κ3) is 3.22. The minimum atomic E-state index is -0.904. The van der Waals surface area contributed by atoms with Gasteiger partial charge in [0.25, 0.3) is 0 Å². The third-order valence-corrected chi connectivity index (χ3v) is 3.41. The molecule has 0 saturated carbocycles. The minimum Gasteiger partial charge on any atom is -0.478 e. The number of pyridine rings is 1. The summed E-state index contributed by atoms with van der Waals surface area (Å²) in [5, 5.41) is 9.11. The lowest BCUT2D eigenvalue weighted by molar-refractivity contribution is 0.0696. The highest BCUT2D eigenvalue weighted by Crippen LogP contribution is 2.19. The number of hydrogen-bond acceptors (Lipinski definition) is 3. The van der Waals surface area contributed by atoms with Gasteiger partial charge in [-0.2, -0.15) is 0 Å². The maximum Gasteiger partial charge on any atom is 0.335 e. The highest BCUT2D eigenvalue weighted by Gasteiger charge is 2.17. The summed E-state index contributed by atoms with van der Waals surface area (Å²) in [6, 6.07) is 3.59. The SMILES string of the molecule is CCc1cc(C(=O)O)cc(N(C)C(C)C(C)C)n1. The van der Waals surface area contributed by atoms with E-state index in [0.717, 1.165) is 17.9 Å². The van der Waals surface area contributed by atoms with E-state index in [9.17, 15) is 4.79 Å². The monoisotopic (exact) mass is 250 g/mol. The summed E-state index contributed by atoms with van der Waals surface area (Å²) >= 11 is 0. The van der Waals surface area contributed by atoms with Gasteiger partial charge in [0.2, 0.25) is 0 Å². The predicted molar refractivity (Wildman–Crippen MR) is 73.3 cm³/mol. The van der Waals surface area contributed by atoms with Gasteiger partial charge in [-0.3, -0.25) is 0 Å². The molecule has 100 valence electrons. The normalized spacial score (nSPS) is 12.6. The molecule has 0 saturated heterocycles. The fourth-order valence-corrected chi connectivity index (χ4v) is 1.71. The second-order valence-electron chi connectivity index (χ2n) is 4.96. The zero-order valence-corrected chi connectivity index (χ0v) is 11.8. The van der Waals surface area contributed by atoms with Crippen LogP contribution in [0.15, 0.2) is 12.1 Å². The lowest BCUT2D eigenvalue weighted by Gasteiger charge is -2.29. The number of carboxylic acids is 1. The molecular weight excluding hydrogens is 228 g/mol. The third-order valence-electron chi connectivity index (χ3n) is 3.41. The summed E-state index contributed by atoms with van der Waals surface area (Å²) < 4.78 is 0. The first kappa shape index (κ1) is 14.5. The van der Waals surface area contributed by atoms with Crippen LogP contribution in [0.1, 0.15) is 43.7 Å². The summed E-state index contributed by atoms with van der Waals surface area (Å²) in [6.07, 6.45) is 0.734. The number of carbonyl (C=O) groups is 1. The van der Waals surface area contributed by atoms with Crippen molar-refractivity contribution in [2.45, 2.75) is 40.2 Å². The van der Waals surface area contributed by atoms with Crippen LogP contribution < -0.4 is 4.90 Å².